The SMILES string of the molecule is CC(C)(CO)CN1CCC[C@@H](C(=O)Nc2ccccc2Oc2cccnc2)C1. The van der Waals surface area contributed by atoms with Gasteiger partial charge in [0.25, 0.3) is 0 Å². The number of amides is 1. The highest BCUT2D eigenvalue weighted by Gasteiger charge is 2.29. The van der Waals surface area contributed by atoms with E-state index in [1.54, 1.807) is 18.5 Å². The molecule has 2 heterocycles. The molecule has 0 unspecified atom stereocenters. The second-order valence-electron chi connectivity index (χ2n) is 8.17. The van der Waals surface area contributed by atoms with Crippen LogP contribution in [0.4, 0.5) is 5.69 Å². The molecule has 3 rings (SSSR count). The molecule has 2 aromatic rings. The largest absolute Gasteiger partial charge is 0.454 e. The quantitative estimate of drug-likeness (QED) is 0.765. The maximum atomic E-state index is 12.9. The van der Waals surface area contributed by atoms with Gasteiger partial charge >= 0.3 is 0 Å². The summed E-state index contributed by atoms with van der Waals surface area (Å²) in [6, 6.07) is 11.1. The number of hydrogen-bond donors (Lipinski definition) is 2. The number of rotatable bonds is 7. The molecule has 1 aliphatic rings. The van der Waals surface area contributed by atoms with Crippen molar-refractivity contribution in [1.82, 2.24) is 9.88 Å². The van der Waals surface area contributed by atoms with Gasteiger partial charge in [0.05, 0.1) is 17.8 Å². The van der Waals surface area contributed by atoms with Crippen molar-refractivity contribution in [2.75, 3.05) is 31.6 Å². The number of nitrogens with one attached hydrogen (secondary N) is 1. The number of aromatic nitrogens is 1. The minimum atomic E-state index is -0.164. The fraction of sp³-hybridized carbons (Fsp3) is 0.455. The Labute approximate surface area is 166 Å². The van der Waals surface area contributed by atoms with Gasteiger partial charge in [-0.25, -0.2) is 0 Å². The van der Waals surface area contributed by atoms with Crippen LogP contribution in [-0.2, 0) is 4.79 Å². The molecule has 0 aliphatic carbocycles. The van der Waals surface area contributed by atoms with E-state index in [1.807, 2.05) is 44.2 Å². The Morgan fingerprint density at radius 1 is 1.32 bits per heavy atom. The number of aliphatic hydroxyl groups excluding tert-OH is 1. The maximum absolute atomic E-state index is 12.9. The lowest BCUT2D eigenvalue weighted by Gasteiger charge is -2.36. The minimum absolute atomic E-state index is 0.00809. The van der Waals surface area contributed by atoms with Gasteiger partial charge in [-0.05, 0) is 43.7 Å². The molecule has 28 heavy (non-hydrogen) atoms. The molecule has 1 amide bonds. The van der Waals surface area contributed by atoms with Crippen molar-refractivity contribution >= 4 is 11.6 Å². The van der Waals surface area contributed by atoms with Crippen molar-refractivity contribution in [3.05, 3.63) is 48.8 Å². The van der Waals surface area contributed by atoms with Crippen LogP contribution < -0.4 is 10.1 Å². The van der Waals surface area contributed by atoms with Gasteiger partial charge in [0.2, 0.25) is 5.91 Å². The van der Waals surface area contributed by atoms with Crippen molar-refractivity contribution < 1.29 is 14.6 Å². The molecule has 1 saturated heterocycles. The summed E-state index contributed by atoms with van der Waals surface area (Å²) in [5, 5.41) is 12.6. The van der Waals surface area contributed by atoms with Gasteiger partial charge in [-0.2, -0.15) is 0 Å². The lowest BCUT2D eigenvalue weighted by molar-refractivity contribution is -0.121. The number of ether oxygens (including phenoxy) is 1. The summed E-state index contributed by atoms with van der Waals surface area (Å²) < 4.78 is 5.88. The summed E-state index contributed by atoms with van der Waals surface area (Å²) >= 11 is 0. The molecule has 6 nitrogen and oxygen atoms in total. The van der Waals surface area contributed by atoms with E-state index in [0.29, 0.717) is 23.7 Å². The van der Waals surface area contributed by atoms with Gasteiger partial charge in [-0.1, -0.05) is 26.0 Å². The number of carbonyl (C=O) groups is 1. The fourth-order valence-electron chi connectivity index (χ4n) is 3.50. The van der Waals surface area contributed by atoms with Crippen molar-refractivity contribution in [3.8, 4) is 11.5 Å². The monoisotopic (exact) mass is 383 g/mol. The molecular formula is C22H29N3O3. The lowest BCUT2D eigenvalue weighted by atomic mass is 9.90. The van der Waals surface area contributed by atoms with Crippen LogP contribution in [0.3, 0.4) is 0 Å². The van der Waals surface area contributed by atoms with Crippen LogP contribution in [0.5, 0.6) is 11.5 Å². The number of nitrogens with zero attached hydrogens (tertiary/aromatic N) is 2. The first-order valence-electron chi connectivity index (χ1n) is 9.78. The molecule has 0 radical (unpaired) electrons. The van der Waals surface area contributed by atoms with Crippen LogP contribution in [0.1, 0.15) is 26.7 Å². The number of anilines is 1. The highest BCUT2D eigenvalue weighted by atomic mass is 16.5. The van der Waals surface area contributed by atoms with Gasteiger partial charge in [0.1, 0.15) is 5.75 Å². The number of piperidine rings is 1. The smallest absolute Gasteiger partial charge is 0.228 e. The van der Waals surface area contributed by atoms with Crippen LogP contribution >= 0.6 is 0 Å². The number of benzene rings is 1. The highest BCUT2D eigenvalue weighted by Crippen LogP contribution is 2.30. The highest BCUT2D eigenvalue weighted by molar-refractivity contribution is 5.94. The number of hydrogen-bond acceptors (Lipinski definition) is 5. The van der Waals surface area contributed by atoms with E-state index in [1.165, 1.54) is 0 Å². The molecule has 150 valence electrons. The zero-order chi connectivity index (χ0) is 20.0. The van der Waals surface area contributed by atoms with Gasteiger partial charge in [0, 0.05) is 31.3 Å². The van der Waals surface area contributed by atoms with E-state index in [0.717, 1.165) is 25.9 Å². The average molecular weight is 383 g/mol. The Morgan fingerprint density at radius 2 is 2.14 bits per heavy atom. The number of aliphatic hydroxyl groups is 1. The first-order valence-corrected chi connectivity index (χ1v) is 9.78. The summed E-state index contributed by atoms with van der Waals surface area (Å²) in [5.41, 5.74) is 0.492. The molecule has 0 saturated carbocycles. The normalized spacial score (nSPS) is 17.9. The fourth-order valence-corrected chi connectivity index (χ4v) is 3.50. The Morgan fingerprint density at radius 3 is 2.89 bits per heavy atom. The summed E-state index contributed by atoms with van der Waals surface area (Å²) in [7, 11) is 0. The van der Waals surface area contributed by atoms with Crippen LogP contribution in [0.25, 0.3) is 0 Å². The summed E-state index contributed by atoms with van der Waals surface area (Å²) in [5.74, 6) is 1.15. The van der Waals surface area contributed by atoms with E-state index in [4.69, 9.17) is 4.74 Å². The van der Waals surface area contributed by atoms with Crippen molar-refractivity contribution in [3.63, 3.8) is 0 Å². The molecule has 1 aromatic heterocycles. The summed E-state index contributed by atoms with van der Waals surface area (Å²) in [6.07, 6.45) is 5.18. The maximum Gasteiger partial charge on any atom is 0.228 e. The third kappa shape index (κ3) is 5.53. The van der Waals surface area contributed by atoms with Crippen LogP contribution in [0, 0.1) is 11.3 Å². The molecule has 1 aliphatic heterocycles. The Balaban J connectivity index is 1.64. The predicted octanol–water partition coefficient (Wildman–Crippen LogP) is 3.54. The van der Waals surface area contributed by atoms with Crippen molar-refractivity contribution in [1.29, 1.82) is 0 Å². The first-order chi connectivity index (χ1) is 13.5. The van der Waals surface area contributed by atoms with E-state index in [-0.39, 0.29) is 23.8 Å². The number of carbonyl (C=O) groups excluding carboxylic acids is 1. The van der Waals surface area contributed by atoms with Gasteiger partial charge in [-0.15, -0.1) is 0 Å². The van der Waals surface area contributed by atoms with E-state index in [9.17, 15) is 9.90 Å². The summed E-state index contributed by atoms with van der Waals surface area (Å²) in [4.78, 5) is 19.2. The minimum Gasteiger partial charge on any atom is -0.454 e. The van der Waals surface area contributed by atoms with Crippen LogP contribution in [0.2, 0.25) is 0 Å². The van der Waals surface area contributed by atoms with E-state index < -0.39 is 0 Å². The predicted molar refractivity (Wildman–Crippen MR) is 109 cm³/mol. The second-order valence-corrected chi connectivity index (χ2v) is 8.17. The van der Waals surface area contributed by atoms with Crippen molar-refractivity contribution in [2.45, 2.75) is 26.7 Å². The molecule has 1 atom stereocenters. The Hall–Kier alpha value is -2.44. The van der Waals surface area contributed by atoms with Crippen LogP contribution in [-0.4, -0.2) is 47.1 Å². The molecular weight excluding hydrogens is 354 g/mol. The standard InChI is InChI=1S/C22H29N3O3/c1-22(2,16-26)15-25-12-6-7-17(14-25)21(27)24-19-9-3-4-10-20(19)28-18-8-5-11-23-13-18/h3-5,8-11,13,17,26H,6-7,12,14-16H2,1-2H3,(H,24,27)/t17-/m1/s1. The second kappa shape index (κ2) is 9.17. The van der Waals surface area contributed by atoms with E-state index in [2.05, 4.69) is 15.2 Å². The average Bonchev–Trinajstić information content (AvgIpc) is 2.70. The molecule has 0 bridgehead atoms. The third-order valence-corrected chi connectivity index (χ3v) is 4.96. The molecule has 0 spiro atoms. The molecule has 1 fully saturated rings. The van der Waals surface area contributed by atoms with Gasteiger partial charge in [0.15, 0.2) is 5.75 Å². The molecule has 2 N–H and O–H groups in total. The first kappa shape index (κ1) is 20.3. The van der Waals surface area contributed by atoms with Gasteiger partial charge in [-0.3, -0.25) is 9.78 Å². The molecule has 1 aromatic carbocycles. The zero-order valence-corrected chi connectivity index (χ0v) is 16.6. The molecule has 6 heteroatoms. The summed E-state index contributed by atoms with van der Waals surface area (Å²) in [6.45, 7) is 6.69. The topological polar surface area (TPSA) is 74.7 Å². The number of likely N-dealkylation sites (tertiary alicyclic amines) is 1. The number of pyridine rings is 1. The third-order valence-electron chi connectivity index (χ3n) is 4.96. The van der Waals surface area contributed by atoms with E-state index >= 15 is 0 Å². The van der Waals surface area contributed by atoms with Crippen LogP contribution in [0.15, 0.2) is 48.8 Å². The van der Waals surface area contributed by atoms with Gasteiger partial charge < -0.3 is 20.1 Å². The van der Waals surface area contributed by atoms with Crippen molar-refractivity contribution in [2.24, 2.45) is 11.3 Å². The zero-order valence-electron chi connectivity index (χ0n) is 16.6. The Kier molecular flexibility index (Phi) is 6.65. The number of para-hydroxylation sites is 2. The Bertz CT molecular complexity index is 780. The lowest BCUT2D eigenvalue weighted by Crippen LogP contribution is -2.45.